The van der Waals surface area contributed by atoms with Gasteiger partial charge in [-0.05, 0) is 19.3 Å². The van der Waals surface area contributed by atoms with E-state index >= 15 is 0 Å². The van der Waals surface area contributed by atoms with Crippen LogP contribution in [-0.4, -0.2) is 22.1 Å². The van der Waals surface area contributed by atoms with Crippen LogP contribution < -0.4 is 0 Å². The quantitative estimate of drug-likeness (QED) is 0.532. The summed E-state index contributed by atoms with van der Waals surface area (Å²) in [6.07, 6.45) is 2.65. The number of isocyanates is 1. The molecule has 3 heteroatoms. The Hall–Kier alpha value is -0.270. The van der Waals surface area contributed by atoms with Crippen molar-refractivity contribution in [3.63, 3.8) is 0 Å². The zero-order chi connectivity index (χ0) is 12.1. The van der Waals surface area contributed by atoms with Crippen LogP contribution in [0.15, 0.2) is 4.99 Å². The molecule has 0 saturated heterocycles. The molecule has 0 fully saturated rings. The van der Waals surface area contributed by atoms with Gasteiger partial charge in [-0.15, -0.1) is 0 Å². The second-order valence-corrected chi connectivity index (χ2v) is 7.50. The molecule has 0 aliphatic rings. The van der Waals surface area contributed by atoms with E-state index in [1.165, 1.54) is 0 Å². The minimum Gasteiger partial charge on any atom is -0.211 e. The summed E-state index contributed by atoms with van der Waals surface area (Å²) in [5, 5.41) is 0. The monoisotopic (exact) mass is 229 g/mol. The lowest BCUT2D eigenvalue weighted by atomic mass is 9.93. The molecule has 0 heterocycles. The Labute approximate surface area is 97.9 Å². The molecule has 88 valence electrons. The van der Waals surface area contributed by atoms with Crippen LogP contribution >= 0.6 is 11.8 Å². The van der Waals surface area contributed by atoms with Crippen LogP contribution in [0.2, 0.25) is 0 Å². The number of nitrogens with zero attached hydrogens (tertiary/aromatic N) is 1. The highest BCUT2D eigenvalue weighted by Crippen LogP contribution is 2.31. The van der Waals surface area contributed by atoms with Crippen molar-refractivity contribution >= 4 is 17.8 Å². The number of hydrogen-bond donors (Lipinski definition) is 0. The normalized spacial score (nSPS) is 15.9. The van der Waals surface area contributed by atoms with Crippen LogP contribution in [-0.2, 0) is 4.79 Å². The Morgan fingerprint density at radius 3 is 2.13 bits per heavy atom. The van der Waals surface area contributed by atoms with Crippen molar-refractivity contribution in [1.82, 2.24) is 0 Å². The van der Waals surface area contributed by atoms with Gasteiger partial charge in [0.25, 0.3) is 0 Å². The zero-order valence-electron chi connectivity index (χ0n) is 10.8. The lowest BCUT2D eigenvalue weighted by Crippen LogP contribution is -2.29. The molecule has 0 aromatic heterocycles. The predicted octanol–water partition coefficient (Wildman–Crippen LogP) is 3.66. The molecule has 0 saturated carbocycles. The first kappa shape index (κ1) is 14.7. The van der Waals surface area contributed by atoms with E-state index in [4.69, 9.17) is 0 Å². The Bertz CT molecular complexity index is 238. The van der Waals surface area contributed by atoms with E-state index in [1.54, 1.807) is 6.08 Å². The molecular formula is C12H23NOS. The molecule has 0 unspecified atom stereocenters. The van der Waals surface area contributed by atoms with E-state index in [-0.39, 0.29) is 10.3 Å². The van der Waals surface area contributed by atoms with Gasteiger partial charge in [-0.3, -0.25) is 0 Å². The van der Waals surface area contributed by atoms with E-state index in [1.807, 2.05) is 18.7 Å². The molecule has 0 radical (unpaired) electrons. The molecule has 0 aromatic rings. The summed E-state index contributed by atoms with van der Waals surface area (Å²) in [5.74, 6) is 1.43. The van der Waals surface area contributed by atoms with Gasteiger partial charge in [-0.1, -0.05) is 34.6 Å². The van der Waals surface area contributed by atoms with Crippen LogP contribution in [0.25, 0.3) is 0 Å². The second kappa shape index (κ2) is 5.72. The molecule has 0 amide bonds. The van der Waals surface area contributed by atoms with E-state index in [0.29, 0.717) is 5.92 Å². The maximum atomic E-state index is 10.4. The topological polar surface area (TPSA) is 29.4 Å². The zero-order valence-corrected chi connectivity index (χ0v) is 11.6. The van der Waals surface area contributed by atoms with Crippen LogP contribution in [0, 0.1) is 5.92 Å². The van der Waals surface area contributed by atoms with Gasteiger partial charge in [0, 0.05) is 10.5 Å². The highest BCUT2D eigenvalue weighted by atomic mass is 32.2. The van der Waals surface area contributed by atoms with Crippen molar-refractivity contribution in [2.45, 2.75) is 58.2 Å². The van der Waals surface area contributed by atoms with Gasteiger partial charge >= 0.3 is 0 Å². The molecule has 2 nitrogen and oxygen atoms in total. The Balaban J connectivity index is 4.45. The maximum absolute atomic E-state index is 10.4. The van der Waals surface area contributed by atoms with E-state index in [2.05, 4.69) is 39.6 Å². The molecule has 0 rings (SSSR count). The molecule has 1 atom stereocenters. The minimum atomic E-state index is -0.256. The average Bonchev–Trinajstić information content (AvgIpc) is 1.99. The van der Waals surface area contributed by atoms with Crippen LogP contribution in [0.4, 0.5) is 0 Å². The third kappa shape index (κ3) is 7.64. The fourth-order valence-corrected chi connectivity index (χ4v) is 2.42. The molecule has 0 aliphatic heterocycles. The van der Waals surface area contributed by atoms with E-state index < -0.39 is 0 Å². The largest absolute Gasteiger partial charge is 0.235 e. The third-order valence-corrected chi connectivity index (χ3v) is 3.61. The Kier molecular flexibility index (Phi) is 5.61. The Morgan fingerprint density at radius 2 is 1.80 bits per heavy atom. The van der Waals surface area contributed by atoms with Crippen molar-refractivity contribution in [1.29, 1.82) is 0 Å². The molecular weight excluding hydrogens is 206 g/mol. The lowest BCUT2D eigenvalue weighted by molar-refractivity contribution is 0.405. The first-order valence-electron chi connectivity index (χ1n) is 5.41. The second-order valence-electron chi connectivity index (χ2n) is 5.70. The van der Waals surface area contributed by atoms with Gasteiger partial charge in [-0.2, -0.15) is 16.8 Å². The Morgan fingerprint density at radius 1 is 1.27 bits per heavy atom. The molecule has 15 heavy (non-hydrogen) atoms. The van der Waals surface area contributed by atoms with E-state index in [0.717, 1.165) is 12.2 Å². The smallest absolute Gasteiger partial charge is 0.211 e. The van der Waals surface area contributed by atoms with Gasteiger partial charge in [0.1, 0.15) is 0 Å². The molecule has 0 aromatic carbocycles. The van der Waals surface area contributed by atoms with Gasteiger partial charge < -0.3 is 0 Å². The summed E-state index contributed by atoms with van der Waals surface area (Å²) < 4.78 is 0.219. The minimum absolute atomic E-state index is 0.219. The third-order valence-electron chi connectivity index (χ3n) is 1.98. The van der Waals surface area contributed by atoms with Crippen LogP contribution in [0.3, 0.4) is 0 Å². The van der Waals surface area contributed by atoms with Crippen molar-refractivity contribution in [3.8, 4) is 0 Å². The summed E-state index contributed by atoms with van der Waals surface area (Å²) in [6, 6.07) is 0. The fourth-order valence-electron chi connectivity index (χ4n) is 1.50. The van der Waals surface area contributed by atoms with Crippen LogP contribution in [0.5, 0.6) is 0 Å². The number of aliphatic imine (C=N–C) groups is 1. The van der Waals surface area contributed by atoms with Gasteiger partial charge in [-0.25, -0.2) is 4.79 Å². The van der Waals surface area contributed by atoms with Crippen molar-refractivity contribution < 1.29 is 4.79 Å². The average molecular weight is 229 g/mol. The highest BCUT2D eigenvalue weighted by Gasteiger charge is 2.27. The first-order chi connectivity index (χ1) is 6.68. The summed E-state index contributed by atoms with van der Waals surface area (Å²) in [7, 11) is 0. The number of hydrogen-bond acceptors (Lipinski definition) is 3. The number of carbonyl (C=O) groups excluding carboxylic acids is 1. The molecule has 0 bridgehead atoms. The first-order valence-corrected chi connectivity index (χ1v) is 6.40. The predicted molar refractivity (Wildman–Crippen MR) is 68.2 cm³/mol. The van der Waals surface area contributed by atoms with E-state index in [9.17, 15) is 4.79 Å². The van der Waals surface area contributed by atoms with Gasteiger partial charge in [0.05, 0.1) is 5.54 Å². The summed E-state index contributed by atoms with van der Waals surface area (Å²) >= 11 is 1.85. The van der Waals surface area contributed by atoms with Gasteiger partial charge in [0.2, 0.25) is 6.08 Å². The van der Waals surface area contributed by atoms with Crippen molar-refractivity contribution in [2.24, 2.45) is 10.9 Å². The van der Waals surface area contributed by atoms with Gasteiger partial charge in [0.15, 0.2) is 0 Å². The number of rotatable bonds is 5. The lowest BCUT2D eigenvalue weighted by Gasteiger charge is -2.28. The van der Waals surface area contributed by atoms with Crippen LogP contribution in [0.1, 0.15) is 48.0 Å². The maximum Gasteiger partial charge on any atom is 0.235 e. The van der Waals surface area contributed by atoms with Crippen molar-refractivity contribution in [3.05, 3.63) is 0 Å². The highest BCUT2D eigenvalue weighted by molar-refractivity contribution is 8.00. The fraction of sp³-hybridized carbons (Fsp3) is 0.917. The molecule has 0 spiro atoms. The summed E-state index contributed by atoms with van der Waals surface area (Å²) in [4.78, 5) is 14.4. The SMILES string of the molecule is CC(C)C[C@@](C)(CSC(C)(C)C)N=C=O. The number of thioether (sulfide) groups is 1. The summed E-state index contributed by atoms with van der Waals surface area (Å²) in [6.45, 7) is 12.9. The molecule has 0 N–H and O–H groups in total. The standard InChI is InChI=1S/C12H23NOS/c1-10(2)7-12(6,13-9-14)8-15-11(3,4)5/h10H,7-8H2,1-6H3/t12-/m0/s1. The van der Waals surface area contributed by atoms with Crippen molar-refractivity contribution in [2.75, 3.05) is 5.75 Å². The molecule has 0 aliphatic carbocycles. The summed E-state index contributed by atoms with van der Waals surface area (Å²) in [5.41, 5.74) is -0.256.